The molecule has 4 heteroatoms. The van der Waals surface area contributed by atoms with Gasteiger partial charge in [0.1, 0.15) is 0 Å². The zero-order valence-corrected chi connectivity index (χ0v) is 13.7. The van der Waals surface area contributed by atoms with Crippen LogP contribution in [0.5, 0.6) is 0 Å². The minimum Gasteiger partial charge on any atom is -0.386 e. The number of carbonyl (C=O) groups is 1. The number of amides is 1. The Kier molecular flexibility index (Phi) is 7.38. The first-order chi connectivity index (χ1) is 9.07. The van der Waals surface area contributed by atoms with Gasteiger partial charge in [0.05, 0.1) is 12.1 Å². The molecule has 1 amide bonds. The van der Waals surface area contributed by atoms with Crippen molar-refractivity contribution >= 4 is 28.5 Å². The van der Waals surface area contributed by atoms with Gasteiger partial charge in [-0.05, 0) is 29.8 Å². The molecule has 0 aliphatic carbocycles. The Labute approximate surface area is 129 Å². The van der Waals surface area contributed by atoms with Gasteiger partial charge in [0, 0.05) is 13.5 Å². The first-order valence-electron chi connectivity index (χ1n) is 6.62. The number of hydrogen-bond donors (Lipinski definition) is 1. The fourth-order valence-electron chi connectivity index (χ4n) is 1.91. The fourth-order valence-corrected chi connectivity index (χ4v) is 2.45. The van der Waals surface area contributed by atoms with E-state index in [1.54, 1.807) is 11.9 Å². The third-order valence-corrected chi connectivity index (χ3v) is 4.14. The van der Waals surface area contributed by atoms with Gasteiger partial charge in [-0.25, -0.2) is 0 Å². The second-order valence-electron chi connectivity index (χ2n) is 4.75. The third-order valence-electron chi connectivity index (χ3n) is 3.38. The third kappa shape index (κ3) is 5.10. The first kappa shape index (κ1) is 16.4. The number of carbonyl (C=O) groups excluding carboxylic acids is 1. The van der Waals surface area contributed by atoms with Gasteiger partial charge in [-0.3, -0.25) is 4.79 Å². The maximum atomic E-state index is 12.0. The molecule has 0 aromatic heterocycles. The van der Waals surface area contributed by atoms with E-state index in [0.717, 1.165) is 22.8 Å². The molecule has 0 radical (unpaired) electrons. The molecular formula is C15H22INO2. The highest BCUT2D eigenvalue weighted by Crippen LogP contribution is 2.20. The number of likely N-dealkylation sites (N-methyl/N-ethyl adjacent to an activating group) is 1. The van der Waals surface area contributed by atoms with Crippen LogP contribution in [-0.4, -0.2) is 33.4 Å². The largest absolute Gasteiger partial charge is 0.386 e. The maximum Gasteiger partial charge on any atom is 0.222 e. The molecule has 0 saturated carbocycles. The molecule has 1 aromatic rings. The van der Waals surface area contributed by atoms with E-state index in [2.05, 4.69) is 22.6 Å². The van der Waals surface area contributed by atoms with Crippen molar-refractivity contribution in [1.29, 1.82) is 0 Å². The lowest BCUT2D eigenvalue weighted by atomic mass is 10.0. The van der Waals surface area contributed by atoms with E-state index in [4.69, 9.17) is 0 Å². The molecule has 3 nitrogen and oxygen atoms in total. The lowest BCUT2D eigenvalue weighted by Crippen LogP contribution is -2.38. The van der Waals surface area contributed by atoms with Crippen LogP contribution in [0.2, 0.25) is 0 Å². The highest BCUT2D eigenvalue weighted by Gasteiger charge is 2.23. The predicted molar refractivity (Wildman–Crippen MR) is 86.4 cm³/mol. The van der Waals surface area contributed by atoms with E-state index in [1.165, 1.54) is 0 Å². The molecule has 2 atom stereocenters. The highest BCUT2D eigenvalue weighted by atomic mass is 127. The van der Waals surface area contributed by atoms with Crippen LogP contribution >= 0.6 is 22.6 Å². The van der Waals surface area contributed by atoms with Gasteiger partial charge in [-0.2, -0.15) is 0 Å². The summed E-state index contributed by atoms with van der Waals surface area (Å²) in [5.41, 5.74) is 0.849. The molecule has 0 aliphatic rings. The summed E-state index contributed by atoms with van der Waals surface area (Å²) in [5.74, 6) is 0.104. The van der Waals surface area contributed by atoms with E-state index in [1.807, 2.05) is 37.3 Å². The standard InChI is InChI=1S/C15H22INO2/c1-12(15(19)13-8-4-3-5-9-13)17(2)14(18)10-6-7-11-16/h3-5,8-9,12,15,19H,6-7,10-11H2,1-2H3/t12-,15+/m0/s1. The molecular weight excluding hydrogens is 353 g/mol. The summed E-state index contributed by atoms with van der Waals surface area (Å²) in [7, 11) is 1.77. The van der Waals surface area contributed by atoms with Crippen LogP contribution < -0.4 is 0 Å². The monoisotopic (exact) mass is 375 g/mol. The molecule has 0 bridgehead atoms. The SMILES string of the molecule is C[C@@H]([C@@H](O)c1ccccc1)N(C)C(=O)CCCCI. The Bertz CT molecular complexity index is 383. The Balaban J connectivity index is 2.56. The fraction of sp³-hybridized carbons (Fsp3) is 0.533. The van der Waals surface area contributed by atoms with Crippen molar-refractivity contribution in [3.63, 3.8) is 0 Å². The van der Waals surface area contributed by atoms with E-state index in [-0.39, 0.29) is 11.9 Å². The number of rotatable bonds is 7. The number of benzene rings is 1. The number of nitrogens with zero attached hydrogens (tertiary/aromatic N) is 1. The molecule has 0 fully saturated rings. The molecule has 1 rings (SSSR count). The van der Waals surface area contributed by atoms with Gasteiger partial charge in [-0.15, -0.1) is 0 Å². The minimum atomic E-state index is -0.639. The second-order valence-corrected chi connectivity index (χ2v) is 5.83. The van der Waals surface area contributed by atoms with Crippen molar-refractivity contribution < 1.29 is 9.90 Å². The Hall–Kier alpha value is -0.620. The number of aliphatic hydroxyl groups excluding tert-OH is 1. The summed E-state index contributed by atoms with van der Waals surface area (Å²) in [6, 6.07) is 9.26. The summed E-state index contributed by atoms with van der Waals surface area (Å²) >= 11 is 2.32. The highest BCUT2D eigenvalue weighted by molar-refractivity contribution is 14.1. The van der Waals surface area contributed by atoms with Crippen molar-refractivity contribution in [1.82, 2.24) is 4.90 Å². The van der Waals surface area contributed by atoms with Gasteiger partial charge >= 0.3 is 0 Å². The molecule has 19 heavy (non-hydrogen) atoms. The Morgan fingerprint density at radius 2 is 1.95 bits per heavy atom. The van der Waals surface area contributed by atoms with Crippen LogP contribution in [0.4, 0.5) is 0 Å². The van der Waals surface area contributed by atoms with Crippen LogP contribution in [0.15, 0.2) is 30.3 Å². The maximum absolute atomic E-state index is 12.0. The van der Waals surface area contributed by atoms with Gasteiger partial charge < -0.3 is 10.0 Å². The number of hydrogen-bond acceptors (Lipinski definition) is 2. The van der Waals surface area contributed by atoms with Gasteiger partial charge in [-0.1, -0.05) is 52.9 Å². The summed E-state index contributed by atoms with van der Waals surface area (Å²) in [5, 5.41) is 10.3. The summed E-state index contributed by atoms with van der Waals surface area (Å²) in [6.07, 6.45) is 1.90. The molecule has 0 unspecified atom stereocenters. The molecule has 0 spiro atoms. The lowest BCUT2D eigenvalue weighted by Gasteiger charge is -2.29. The topological polar surface area (TPSA) is 40.5 Å². The number of halogens is 1. The number of alkyl halides is 1. The zero-order valence-electron chi connectivity index (χ0n) is 11.6. The Morgan fingerprint density at radius 3 is 2.53 bits per heavy atom. The van der Waals surface area contributed by atoms with Crippen molar-refractivity contribution in [2.45, 2.75) is 38.3 Å². The van der Waals surface area contributed by atoms with Gasteiger partial charge in [0.15, 0.2) is 0 Å². The van der Waals surface area contributed by atoms with Crippen molar-refractivity contribution in [3.8, 4) is 0 Å². The molecule has 0 heterocycles. The van der Waals surface area contributed by atoms with E-state index < -0.39 is 6.10 Å². The molecule has 0 aliphatic heterocycles. The quantitative estimate of drug-likeness (QED) is 0.452. The minimum absolute atomic E-state index is 0.104. The number of unbranched alkanes of at least 4 members (excludes halogenated alkanes) is 1. The first-order valence-corrected chi connectivity index (χ1v) is 8.15. The molecule has 1 aromatic carbocycles. The normalized spacial score (nSPS) is 13.9. The van der Waals surface area contributed by atoms with E-state index in [9.17, 15) is 9.90 Å². The van der Waals surface area contributed by atoms with E-state index in [0.29, 0.717) is 6.42 Å². The van der Waals surface area contributed by atoms with Crippen molar-refractivity contribution in [2.24, 2.45) is 0 Å². The zero-order chi connectivity index (χ0) is 14.3. The second kappa shape index (κ2) is 8.53. The summed E-state index contributed by atoms with van der Waals surface area (Å²) in [4.78, 5) is 13.7. The summed E-state index contributed by atoms with van der Waals surface area (Å²) in [6.45, 7) is 1.88. The molecule has 0 saturated heterocycles. The smallest absolute Gasteiger partial charge is 0.222 e. The average molecular weight is 375 g/mol. The van der Waals surface area contributed by atoms with Crippen LogP contribution in [0.3, 0.4) is 0 Å². The van der Waals surface area contributed by atoms with Crippen LogP contribution in [0.25, 0.3) is 0 Å². The Morgan fingerprint density at radius 1 is 1.32 bits per heavy atom. The van der Waals surface area contributed by atoms with Gasteiger partial charge in [0.2, 0.25) is 5.91 Å². The van der Waals surface area contributed by atoms with Crippen LogP contribution in [0, 0.1) is 0 Å². The van der Waals surface area contributed by atoms with Crippen LogP contribution in [0.1, 0.15) is 37.9 Å². The number of aliphatic hydroxyl groups is 1. The van der Waals surface area contributed by atoms with Crippen molar-refractivity contribution in [3.05, 3.63) is 35.9 Å². The summed E-state index contributed by atoms with van der Waals surface area (Å²) < 4.78 is 1.08. The van der Waals surface area contributed by atoms with Crippen LogP contribution in [-0.2, 0) is 4.79 Å². The van der Waals surface area contributed by atoms with Crippen molar-refractivity contribution in [2.75, 3.05) is 11.5 Å². The predicted octanol–water partition coefficient (Wildman–Crippen LogP) is 3.17. The molecule has 1 N–H and O–H groups in total. The lowest BCUT2D eigenvalue weighted by molar-refractivity contribution is -0.134. The van der Waals surface area contributed by atoms with Gasteiger partial charge in [0.25, 0.3) is 0 Å². The van der Waals surface area contributed by atoms with E-state index >= 15 is 0 Å². The average Bonchev–Trinajstić information content (AvgIpc) is 2.46. The molecule has 106 valence electrons.